The zero-order valence-electron chi connectivity index (χ0n) is 17.0. The maximum absolute atomic E-state index is 13.5. The van der Waals surface area contributed by atoms with Gasteiger partial charge >= 0.3 is 0 Å². The van der Waals surface area contributed by atoms with Crippen molar-refractivity contribution >= 4 is 5.91 Å². The molecular weight excluding hydrogens is 374 g/mol. The second-order valence-corrected chi connectivity index (χ2v) is 8.56. The van der Waals surface area contributed by atoms with Crippen LogP contribution in [0.15, 0.2) is 77.4 Å². The summed E-state index contributed by atoms with van der Waals surface area (Å²) < 4.78 is 5.50. The zero-order valence-corrected chi connectivity index (χ0v) is 17.0. The Labute approximate surface area is 177 Å². The van der Waals surface area contributed by atoms with Crippen molar-refractivity contribution in [2.24, 2.45) is 5.92 Å². The SMILES string of the molecule is O=C(c1cccc(-c2ccco2)c1)N1CC[C@@](O)(c2ccccc2)[C@@H]2CCCC[C@@H]21. The summed E-state index contributed by atoms with van der Waals surface area (Å²) in [4.78, 5) is 15.6. The molecule has 3 aromatic rings. The standard InChI is InChI=1S/C26H27NO3/c28-25(20-9-6-8-19(18-20)24-14-7-17-30-24)27-16-15-26(29,21-10-2-1-3-11-21)22-12-4-5-13-23(22)27/h1-3,6-11,14,17-18,22-23,29H,4-5,12-13,15-16H2/t22-,23+,26-/m1/s1. The van der Waals surface area contributed by atoms with E-state index in [2.05, 4.69) is 0 Å². The zero-order chi connectivity index (χ0) is 20.6. The van der Waals surface area contributed by atoms with Gasteiger partial charge in [0.25, 0.3) is 5.91 Å². The number of carbonyl (C=O) groups excluding carboxylic acids is 1. The van der Waals surface area contributed by atoms with Crippen molar-refractivity contribution in [1.29, 1.82) is 0 Å². The number of rotatable bonds is 3. The van der Waals surface area contributed by atoms with E-state index >= 15 is 0 Å². The summed E-state index contributed by atoms with van der Waals surface area (Å²) in [6.07, 6.45) is 6.32. The van der Waals surface area contributed by atoms with Crippen LogP contribution in [0.2, 0.25) is 0 Å². The fourth-order valence-electron chi connectivity index (χ4n) is 5.43. The first-order chi connectivity index (χ1) is 14.7. The second kappa shape index (κ2) is 7.77. The van der Waals surface area contributed by atoms with E-state index in [1.54, 1.807) is 6.26 Å². The Bertz CT molecular complexity index is 1010. The second-order valence-electron chi connectivity index (χ2n) is 8.56. The molecule has 2 fully saturated rings. The van der Waals surface area contributed by atoms with Crippen molar-refractivity contribution < 1.29 is 14.3 Å². The Morgan fingerprint density at radius 1 is 1.00 bits per heavy atom. The van der Waals surface area contributed by atoms with Crippen LogP contribution in [0.3, 0.4) is 0 Å². The van der Waals surface area contributed by atoms with Crippen LogP contribution >= 0.6 is 0 Å². The molecule has 5 rings (SSSR count). The van der Waals surface area contributed by atoms with Gasteiger partial charge in [-0.1, -0.05) is 55.3 Å². The van der Waals surface area contributed by atoms with Crippen molar-refractivity contribution in [2.75, 3.05) is 6.54 Å². The lowest BCUT2D eigenvalue weighted by Crippen LogP contribution is -2.59. The summed E-state index contributed by atoms with van der Waals surface area (Å²) in [6.45, 7) is 0.566. The predicted octanol–water partition coefficient (Wildman–Crippen LogP) is 5.24. The Morgan fingerprint density at radius 3 is 2.63 bits per heavy atom. The molecule has 1 amide bonds. The average molecular weight is 402 g/mol. The lowest BCUT2D eigenvalue weighted by atomic mass is 9.66. The van der Waals surface area contributed by atoms with E-state index in [1.807, 2.05) is 71.6 Å². The van der Waals surface area contributed by atoms with Gasteiger partial charge in [0.2, 0.25) is 0 Å². The van der Waals surface area contributed by atoms with E-state index in [0.29, 0.717) is 18.5 Å². The lowest BCUT2D eigenvalue weighted by molar-refractivity contribution is -0.110. The first kappa shape index (κ1) is 19.1. The van der Waals surface area contributed by atoms with Gasteiger partial charge in [0.1, 0.15) is 5.76 Å². The molecule has 4 heteroatoms. The summed E-state index contributed by atoms with van der Waals surface area (Å²) in [7, 11) is 0. The molecule has 1 N–H and O–H groups in total. The molecule has 1 aliphatic heterocycles. The van der Waals surface area contributed by atoms with Crippen molar-refractivity contribution in [2.45, 2.75) is 43.7 Å². The van der Waals surface area contributed by atoms with Crippen LogP contribution < -0.4 is 0 Å². The molecule has 2 aromatic carbocycles. The number of carbonyl (C=O) groups is 1. The highest BCUT2D eigenvalue weighted by Crippen LogP contribution is 2.47. The largest absolute Gasteiger partial charge is 0.464 e. The molecule has 3 atom stereocenters. The van der Waals surface area contributed by atoms with Gasteiger partial charge in [-0.05, 0) is 49.1 Å². The van der Waals surface area contributed by atoms with Gasteiger partial charge in [-0.15, -0.1) is 0 Å². The highest BCUT2D eigenvalue weighted by Gasteiger charge is 2.50. The molecule has 1 aromatic heterocycles. The Hall–Kier alpha value is -2.85. The topological polar surface area (TPSA) is 53.7 Å². The van der Waals surface area contributed by atoms with Crippen molar-refractivity contribution in [3.63, 3.8) is 0 Å². The number of fused-ring (bicyclic) bond motifs is 1. The van der Waals surface area contributed by atoms with E-state index in [-0.39, 0.29) is 17.9 Å². The lowest BCUT2D eigenvalue weighted by Gasteiger charge is -2.52. The van der Waals surface area contributed by atoms with Crippen LogP contribution in [-0.2, 0) is 5.60 Å². The summed E-state index contributed by atoms with van der Waals surface area (Å²) in [6, 6.07) is 21.5. The minimum atomic E-state index is -0.862. The Kier molecular flexibility index (Phi) is 4.95. The average Bonchev–Trinajstić information content (AvgIpc) is 3.35. The summed E-state index contributed by atoms with van der Waals surface area (Å²) in [5, 5.41) is 11.7. The van der Waals surface area contributed by atoms with E-state index in [0.717, 1.165) is 42.6 Å². The number of benzene rings is 2. The third-order valence-corrected chi connectivity index (χ3v) is 6.93. The Morgan fingerprint density at radius 2 is 1.83 bits per heavy atom. The van der Waals surface area contributed by atoms with Gasteiger partial charge in [0.15, 0.2) is 0 Å². The van der Waals surface area contributed by atoms with Gasteiger partial charge in [-0.2, -0.15) is 0 Å². The quantitative estimate of drug-likeness (QED) is 0.653. The fourth-order valence-corrected chi connectivity index (χ4v) is 5.43. The van der Waals surface area contributed by atoms with Crippen LogP contribution in [0.1, 0.15) is 48.0 Å². The fraction of sp³-hybridized carbons (Fsp3) is 0.346. The van der Waals surface area contributed by atoms with Crippen LogP contribution in [0.5, 0.6) is 0 Å². The van der Waals surface area contributed by atoms with Gasteiger partial charge in [-0.25, -0.2) is 0 Å². The molecule has 154 valence electrons. The molecule has 2 aliphatic rings. The monoisotopic (exact) mass is 401 g/mol. The normalized spacial score (nSPS) is 26.2. The third kappa shape index (κ3) is 3.25. The predicted molar refractivity (Wildman–Crippen MR) is 116 cm³/mol. The molecule has 1 aliphatic carbocycles. The molecule has 0 radical (unpaired) electrons. The molecule has 2 heterocycles. The van der Waals surface area contributed by atoms with E-state index in [1.165, 1.54) is 0 Å². The van der Waals surface area contributed by atoms with Gasteiger partial charge in [-0.3, -0.25) is 4.79 Å². The van der Waals surface area contributed by atoms with Crippen LogP contribution in [0, 0.1) is 5.92 Å². The van der Waals surface area contributed by atoms with Crippen molar-refractivity contribution in [3.05, 3.63) is 84.1 Å². The number of piperidine rings is 1. The number of likely N-dealkylation sites (tertiary alicyclic amines) is 1. The van der Waals surface area contributed by atoms with E-state index < -0.39 is 5.60 Å². The molecular formula is C26H27NO3. The van der Waals surface area contributed by atoms with Crippen LogP contribution in [0.25, 0.3) is 11.3 Å². The molecule has 0 unspecified atom stereocenters. The molecule has 30 heavy (non-hydrogen) atoms. The number of amides is 1. The smallest absolute Gasteiger partial charge is 0.254 e. The first-order valence-corrected chi connectivity index (χ1v) is 10.9. The maximum Gasteiger partial charge on any atom is 0.254 e. The third-order valence-electron chi connectivity index (χ3n) is 6.93. The number of hydrogen-bond donors (Lipinski definition) is 1. The number of hydrogen-bond acceptors (Lipinski definition) is 3. The number of aliphatic hydroxyl groups is 1. The molecule has 0 spiro atoms. The highest BCUT2D eigenvalue weighted by molar-refractivity contribution is 5.95. The molecule has 1 saturated carbocycles. The van der Waals surface area contributed by atoms with Crippen molar-refractivity contribution in [3.8, 4) is 11.3 Å². The Balaban J connectivity index is 1.45. The van der Waals surface area contributed by atoms with Crippen molar-refractivity contribution in [1.82, 2.24) is 4.90 Å². The summed E-state index contributed by atoms with van der Waals surface area (Å²) >= 11 is 0. The summed E-state index contributed by atoms with van der Waals surface area (Å²) in [5.74, 6) is 0.882. The van der Waals surface area contributed by atoms with Gasteiger partial charge < -0.3 is 14.4 Å². The maximum atomic E-state index is 13.5. The highest BCUT2D eigenvalue weighted by atomic mass is 16.3. The minimum Gasteiger partial charge on any atom is -0.464 e. The molecule has 1 saturated heterocycles. The molecule has 4 nitrogen and oxygen atoms in total. The minimum absolute atomic E-state index is 0.0513. The van der Waals surface area contributed by atoms with Crippen LogP contribution in [0.4, 0.5) is 0 Å². The summed E-state index contributed by atoms with van der Waals surface area (Å²) in [5.41, 5.74) is 1.70. The first-order valence-electron chi connectivity index (χ1n) is 10.9. The molecule has 0 bridgehead atoms. The number of nitrogens with zero attached hydrogens (tertiary/aromatic N) is 1. The number of furan rings is 1. The van der Waals surface area contributed by atoms with E-state index in [4.69, 9.17) is 4.42 Å². The van der Waals surface area contributed by atoms with Crippen LogP contribution in [-0.4, -0.2) is 28.5 Å². The van der Waals surface area contributed by atoms with Gasteiger partial charge in [0.05, 0.1) is 11.9 Å². The van der Waals surface area contributed by atoms with E-state index in [9.17, 15) is 9.90 Å². The van der Waals surface area contributed by atoms with Gasteiger partial charge in [0, 0.05) is 29.6 Å².